The number of rotatable bonds is 4. The number of aliphatic hydroxyl groups excluding tert-OH is 1. The van der Waals surface area contributed by atoms with Crippen molar-refractivity contribution in [3.8, 4) is 5.75 Å². The van der Waals surface area contributed by atoms with E-state index < -0.39 is 35.0 Å². The molecular weight excluding hydrogens is 376 g/mol. The molecule has 1 aliphatic heterocycles. The Balaban J connectivity index is 1.96. The number of hydrogen-bond donors (Lipinski definition) is 3. The molecule has 2 heterocycles. The van der Waals surface area contributed by atoms with Crippen LogP contribution in [-0.2, 0) is 0 Å². The highest BCUT2D eigenvalue weighted by atomic mass is 19.1. The van der Waals surface area contributed by atoms with E-state index in [0.29, 0.717) is 19.6 Å². The smallest absolute Gasteiger partial charge is 0.449 e. The van der Waals surface area contributed by atoms with Gasteiger partial charge in [0.05, 0.1) is 29.7 Å². The molecule has 0 spiro atoms. The average Bonchev–Trinajstić information content (AvgIpc) is 3.49. The predicted octanol–water partition coefficient (Wildman–Crippen LogP) is 1.44. The fraction of sp³-hybridized carbons (Fsp3) is 0.444. The molecule has 0 amide bonds. The number of pyridine rings is 1. The Morgan fingerprint density at radius 2 is 2.11 bits per heavy atom. The zero-order valence-electron chi connectivity index (χ0n) is 14.8. The summed E-state index contributed by atoms with van der Waals surface area (Å²) < 4.78 is 36.4. The lowest BCUT2D eigenvalue weighted by Gasteiger charge is -2.37. The van der Waals surface area contributed by atoms with Gasteiger partial charge in [-0.3, -0.25) is 4.79 Å². The van der Waals surface area contributed by atoms with Gasteiger partial charge in [0.25, 0.3) is 0 Å². The van der Waals surface area contributed by atoms with Crippen LogP contribution >= 0.6 is 0 Å². The fourth-order valence-corrected chi connectivity index (χ4v) is 3.70. The Labute approximate surface area is 157 Å². The molecule has 28 heavy (non-hydrogen) atoms. The van der Waals surface area contributed by atoms with Crippen molar-refractivity contribution in [1.82, 2.24) is 9.88 Å². The third kappa shape index (κ3) is 3.08. The van der Waals surface area contributed by atoms with Crippen molar-refractivity contribution in [3.05, 3.63) is 34.1 Å². The third-order valence-corrected chi connectivity index (χ3v) is 5.14. The van der Waals surface area contributed by atoms with Crippen LogP contribution in [0.3, 0.4) is 0 Å². The number of aliphatic hydroxyl groups is 1. The Morgan fingerprint density at radius 1 is 1.36 bits per heavy atom. The number of carboxylic acid groups (broad SMARTS) is 1. The first-order valence-corrected chi connectivity index (χ1v) is 8.98. The predicted molar refractivity (Wildman–Crippen MR) is 96.1 cm³/mol. The van der Waals surface area contributed by atoms with Gasteiger partial charge in [-0.25, -0.2) is 13.6 Å². The van der Waals surface area contributed by atoms with Crippen molar-refractivity contribution in [1.29, 1.82) is 0 Å². The van der Waals surface area contributed by atoms with Gasteiger partial charge in [0.2, 0.25) is 5.43 Å². The van der Waals surface area contributed by atoms with Crippen LogP contribution in [0.5, 0.6) is 5.75 Å². The van der Waals surface area contributed by atoms with E-state index >= 15 is 4.39 Å². The molecule has 1 saturated heterocycles. The second kappa shape index (κ2) is 7.02. The number of piperazine rings is 1. The van der Waals surface area contributed by atoms with E-state index in [2.05, 4.69) is 10.1 Å². The van der Waals surface area contributed by atoms with Crippen molar-refractivity contribution < 1.29 is 28.5 Å². The number of anilines is 1. The molecular formula is C18H19F2N3O5. The average molecular weight is 395 g/mol. The van der Waals surface area contributed by atoms with Crippen molar-refractivity contribution in [3.63, 3.8) is 0 Å². The molecule has 1 unspecified atom stereocenters. The summed E-state index contributed by atoms with van der Waals surface area (Å²) >= 11 is 0. The summed E-state index contributed by atoms with van der Waals surface area (Å²) in [5, 5.41) is 21.2. The summed E-state index contributed by atoms with van der Waals surface area (Å²) in [6, 6.07) is 0.287. The van der Waals surface area contributed by atoms with Crippen LogP contribution in [0, 0.1) is 11.6 Å². The molecule has 2 fully saturated rings. The van der Waals surface area contributed by atoms with Gasteiger partial charge in [0.1, 0.15) is 11.5 Å². The van der Waals surface area contributed by atoms with Crippen LogP contribution in [0.2, 0.25) is 0 Å². The molecule has 1 aromatic carbocycles. The minimum Gasteiger partial charge on any atom is -0.449 e. The van der Waals surface area contributed by atoms with E-state index in [4.69, 9.17) is 5.11 Å². The van der Waals surface area contributed by atoms with Crippen LogP contribution in [0.4, 0.5) is 19.3 Å². The summed E-state index contributed by atoms with van der Waals surface area (Å²) in [5.41, 5.74) is -1.27. The van der Waals surface area contributed by atoms with Gasteiger partial charge in [0, 0.05) is 25.7 Å². The first kappa shape index (κ1) is 18.6. The van der Waals surface area contributed by atoms with Crippen LogP contribution in [-0.4, -0.2) is 53.2 Å². The summed E-state index contributed by atoms with van der Waals surface area (Å²) in [4.78, 5) is 24.9. The van der Waals surface area contributed by atoms with Crippen molar-refractivity contribution in [2.75, 3.05) is 31.1 Å². The number of carbonyl (C=O) groups is 1. The number of aromatic nitrogens is 1. The van der Waals surface area contributed by atoms with Crippen LogP contribution < -0.4 is 20.4 Å². The molecule has 0 bridgehead atoms. The highest BCUT2D eigenvalue weighted by Crippen LogP contribution is 2.40. The summed E-state index contributed by atoms with van der Waals surface area (Å²) in [6.45, 7) is 0.867. The molecule has 150 valence electrons. The SMILES string of the molecule is O=C(O)Oc1cn(C2CC2)c2c(F)c(N3CCNCC3CO)c(F)cc2c1=O. The van der Waals surface area contributed by atoms with E-state index in [0.717, 1.165) is 18.9 Å². The molecule has 2 aliphatic rings. The molecule has 1 atom stereocenters. The second-order valence-electron chi connectivity index (χ2n) is 6.98. The van der Waals surface area contributed by atoms with Gasteiger partial charge < -0.3 is 29.7 Å². The van der Waals surface area contributed by atoms with E-state index in [1.54, 1.807) is 0 Å². The first-order valence-electron chi connectivity index (χ1n) is 8.98. The lowest BCUT2D eigenvalue weighted by atomic mass is 10.1. The topological polar surface area (TPSA) is 104 Å². The molecule has 8 nitrogen and oxygen atoms in total. The molecule has 1 saturated carbocycles. The van der Waals surface area contributed by atoms with Gasteiger partial charge >= 0.3 is 6.16 Å². The normalized spacial score (nSPS) is 19.8. The van der Waals surface area contributed by atoms with Crippen LogP contribution in [0.1, 0.15) is 18.9 Å². The van der Waals surface area contributed by atoms with E-state index in [1.807, 2.05) is 0 Å². The maximum Gasteiger partial charge on any atom is 0.511 e. The largest absolute Gasteiger partial charge is 0.511 e. The number of ether oxygens (including phenoxy) is 1. The molecule has 0 radical (unpaired) electrons. The third-order valence-electron chi connectivity index (χ3n) is 5.14. The minimum atomic E-state index is -1.68. The lowest BCUT2D eigenvalue weighted by Crippen LogP contribution is -2.53. The second-order valence-corrected chi connectivity index (χ2v) is 6.98. The fourth-order valence-electron chi connectivity index (χ4n) is 3.70. The lowest BCUT2D eigenvalue weighted by molar-refractivity contribution is 0.143. The highest BCUT2D eigenvalue weighted by molar-refractivity contribution is 5.86. The Bertz CT molecular complexity index is 1010. The number of benzene rings is 1. The molecule has 1 aromatic heterocycles. The maximum atomic E-state index is 15.5. The summed E-state index contributed by atoms with van der Waals surface area (Å²) in [6.07, 6.45) is 0.943. The summed E-state index contributed by atoms with van der Waals surface area (Å²) in [7, 11) is 0. The minimum absolute atomic E-state index is 0.0862. The first-order chi connectivity index (χ1) is 13.4. The van der Waals surface area contributed by atoms with Crippen molar-refractivity contribution in [2.45, 2.75) is 24.9 Å². The number of halogens is 2. The zero-order chi connectivity index (χ0) is 20.0. The Kier molecular flexibility index (Phi) is 4.68. The summed E-state index contributed by atoms with van der Waals surface area (Å²) in [5.74, 6) is -2.34. The van der Waals surface area contributed by atoms with Crippen molar-refractivity contribution >= 4 is 22.7 Å². The Morgan fingerprint density at radius 3 is 2.75 bits per heavy atom. The Hall–Kier alpha value is -2.72. The molecule has 3 N–H and O–H groups in total. The number of nitrogens with one attached hydrogen (secondary N) is 1. The number of fused-ring (bicyclic) bond motifs is 1. The zero-order valence-corrected chi connectivity index (χ0v) is 14.8. The van der Waals surface area contributed by atoms with Crippen LogP contribution in [0.15, 0.2) is 17.1 Å². The number of hydrogen-bond acceptors (Lipinski definition) is 6. The quantitative estimate of drug-likeness (QED) is 0.673. The van der Waals surface area contributed by atoms with Gasteiger partial charge in [-0.05, 0) is 18.9 Å². The van der Waals surface area contributed by atoms with Crippen LogP contribution in [0.25, 0.3) is 10.9 Å². The van der Waals surface area contributed by atoms with E-state index in [1.165, 1.54) is 15.7 Å². The van der Waals surface area contributed by atoms with Gasteiger partial charge in [-0.2, -0.15) is 0 Å². The molecule has 4 rings (SSSR count). The maximum absolute atomic E-state index is 15.5. The molecule has 10 heteroatoms. The van der Waals surface area contributed by atoms with Crippen molar-refractivity contribution in [2.24, 2.45) is 0 Å². The monoisotopic (exact) mass is 395 g/mol. The van der Waals surface area contributed by atoms with Gasteiger partial charge in [0.15, 0.2) is 11.6 Å². The molecule has 1 aliphatic carbocycles. The molecule has 2 aromatic rings. The highest BCUT2D eigenvalue weighted by Gasteiger charge is 2.32. The standard InChI is InChI=1S/C18H19F2N3O5/c19-12-5-11-15(14(20)16(12)22-4-3-21-6-10(22)8-24)23(9-1-2-9)7-13(17(11)25)28-18(26)27/h5,7,9-10,21,24H,1-4,6,8H2,(H,26,27). The number of nitrogens with zero attached hydrogens (tertiary/aromatic N) is 2. The van der Waals surface area contributed by atoms with Gasteiger partial charge in [-0.1, -0.05) is 0 Å². The van der Waals surface area contributed by atoms with Gasteiger partial charge in [-0.15, -0.1) is 0 Å². The van der Waals surface area contributed by atoms with E-state index in [9.17, 15) is 19.1 Å². The van der Waals surface area contributed by atoms with E-state index in [-0.39, 0.29) is 29.2 Å².